The first-order valence-electron chi connectivity index (χ1n) is 10.2. The summed E-state index contributed by atoms with van der Waals surface area (Å²) < 4.78 is 2.08. The lowest BCUT2D eigenvalue weighted by molar-refractivity contribution is 0.0590. The monoisotopic (exact) mass is 376 g/mol. The Bertz CT molecular complexity index is 978. The number of fused-ring (bicyclic) bond motifs is 1. The molecule has 0 spiro atoms. The maximum atomic E-state index is 13.1. The molecule has 1 amide bonds. The van der Waals surface area contributed by atoms with Crippen LogP contribution in [0.3, 0.4) is 0 Å². The van der Waals surface area contributed by atoms with Crippen molar-refractivity contribution in [2.24, 2.45) is 0 Å². The van der Waals surface area contributed by atoms with Crippen molar-refractivity contribution >= 4 is 16.7 Å². The van der Waals surface area contributed by atoms with Gasteiger partial charge < -0.3 is 9.47 Å². The molecular formula is C23H28N4O. The molecule has 0 aliphatic carbocycles. The molecule has 1 aromatic heterocycles. The third-order valence-corrected chi connectivity index (χ3v) is 5.70. The van der Waals surface area contributed by atoms with E-state index in [9.17, 15) is 4.79 Å². The molecule has 5 heteroatoms. The van der Waals surface area contributed by atoms with Crippen LogP contribution in [0.15, 0.2) is 48.7 Å². The molecule has 0 unspecified atom stereocenters. The summed E-state index contributed by atoms with van der Waals surface area (Å²) in [6.07, 6.45) is 1.91. The standard InChI is InChI=1S/C23H28N4O/c1-4-25-16-21(23(28)27-14-12-26(13-15-27)17(2)3)24-22(25)20-11-7-9-18-8-5-6-10-19(18)20/h5-11,16-17H,4,12-15H2,1-3H3. The van der Waals surface area contributed by atoms with Crippen molar-refractivity contribution < 1.29 is 4.79 Å². The van der Waals surface area contributed by atoms with E-state index in [0.29, 0.717) is 11.7 Å². The Kier molecular flexibility index (Phi) is 5.18. The van der Waals surface area contributed by atoms with E-state index in [0.717, 1.165) is 49.5 Å². The van der Waals surface area contributed by atoms with E-state index in [1.807, 2.05) is 23.2 Å². The number of imidazole rings is 1. The lowest BCUT2D eigenvalue weighted by Crippen LogP contribution is -2.50. The van der Waals surface area contributed by atoms with Crippen molar-refractivity contribution in [3.8, 4) is 11.4 Å². The summed E-state index contributed by atoms with van der Waals surface area (Å²) in [5.74, 6) is 0.903. The quantitative estimate of drug-likeness (QED) is 0.694. The number of rotatable bonds is 4. The summed E-state index contributed by atoms with van der Waals surface area (Å²) in [6.45, 7) is 10.7. The van der Waals surface area contributed by atoms with Gasteiger partial charge in [-0.2, -0.15) is 0 Å². The van der Waals surface area contributed by atoms with Gasteiger partial charge in [-0.15, -0.1) is 0 Å². The second-order valence-electron chi connectivity index (χ2n) is 7.68. The fourth-order valence-corrected chi connectivity index (χ4v) is 4.00. The molecule has 2 heterocycles. The molecule has 0 saturated carbocycles. The maximum Gasteiger partial charge on any atom is 0.274 e. The smallest absolute Gasteiger partial charge is 0.274 e. The first kappa shape index (κ1) is 18.7. The molecule has 0 radical (unpaired) electrons. The average molecular weight is 377 g/mol. The van der Waals surface area contributed by atoms with E-state index in [-0.39, 0.29) is 5.91 Å². The Hall–Kier alpha value is -2.66. The normalized spacial score (nSPS) is 15.5. The zero-order valence-electron chi connectivity index (χ0n) is 16.9. The van der Waals surface area contributed by atoms with Gasteiger partial charge in [-0.25, -0.2) is 4.98 Å². The van der Waals surface area contributed by atoms with E-state index < -0.39 is 0 Å². The van der Waals surface area contributed by atoms with Gasteiger partial charge in [0.25, 0.3) is 5.91 Å². The van der Waals surface area contributed by atoms with Crippen molar-refractivity contribution in [2.45, 2.75) is 33.4 Å². The third kappa shape index (κ3) is 3.42. The number of hydrogen-bond donors (Lipinski definition) is 0. The molecule has 146 valence electrons. The molecule has 28 heavy (non-hydrogen) atoms. The van der Waals surface area contributed by atoms with Crippen LogP contribution in [-0.4, -0.2) is 57.5 Å². The second kappa shape index (κ2) is 7.76. The molecule has 0 atom stereocenters. The van der Waals surface area contributed by atoms with E-state index in [1.165, 1.54) is 5.39 Å². The molecule has 4 rings (SSSR count). The maximum absolute atomic E-state index is 13.1. The molecule has 0 N–H and O–H groups in total. The Balaban J connectivity index is 1.64. The van der Waals surface area contributed by atoms with Gasteiger partial charge in [0.05, 0.1) is 0 Å². The van der Waals surface area contributed by atoms with Crippen molar-refractivity contribution in [2.75, 3.05) is 26.2 Å². The summed E-state index contributed by atoms with van der Waals surface area (Å²) in [4.78, 5) is 22.2. The minimum Gasteiger partial charge on any atom is -0.335 e. The zero-order valence-corrected chi connectivity index (χ0v) is 16.9. The van der Waals surface area contributed by atoms with Gasteiger partial charge in [-0.3, -0.25) is 9.69 Å². The highest BCUT2D eigenvalue weighted by molar-refractivity contribution is 5.97. The minimum absolute atomic E-state index is 0.0390. The predicted molar refractivity (Wildman–Crippen MR) is 113 cm³/mol. The molecule has 1 aliphatic rings. The lowest BCUT2D eigenvalue weighted by Gasteiger charge is -2.36. The number of aryl methyl sites for hydroxylation is 1. The van der Waals surface area contributed by atoms with Gasteiger partial charge >= 0.3 is 0 Å². The van der Waals surface area contributed by atoms with Gasteiger partial charge in [-0.05, 0) is 31.5 Å². The van der Waals surface area contributed by atoms with E-state index >= 15 is 0 Å². The first-order chi connectivity index (χ1) is 13.6. The third-order valence-electron chi connectivity index (χ3n) is 5.70. The first-order valence-corrected chi connectivity index (χ1v) is 10.2. The number of benzene rings is 2. The highest BCUT2D eigenvalue weighted by Crippen LogP contribution is 2.28. The van der Waals surface area contributed by atoms with Gasteiger partial charge in [0, 0.05) is 50.5 Å². The van der Waals surface area contributed by atoms with Crippen molar-refractivity contribution in [3.63, 3.8) is 0 Å². The number of nitrogens with zero attached hydrogens (tertiary/aromatic N) is 4. The summed E-state index contributed by atoms with van der Waals surface area (Å²) in [5.41, 5.74) is 1.62. The molecule has 1 saturated heterocycles. The highest BCUT2D eigenvalue weighted by atomic mass is 16.2. The van der Waals surface area contributed by atoms with Gasteiger partial charge in [0.1, 0.15) is 11.5 Å². The largest absolute Gasteiger partial charge is 0.335 e. The van der Waals surface area contributed by atoms with Crippen molar-refractivity contribution in [1.82, 2.24) is 19.4 Å². The van der Waals surface area contributed by atoms with Gasteiger partial charge in [0.15, 0.2) is 0 Å². The van der Waals surface area contributed by atoms with Crippen LogP contribution < -0.4 is 0 Å². The van der Waals surface area contributed by atoms with Crippen molar-refractivity contribution in [1.29, 1.82) is 0 Å². The molecule has 1 fully saturated rings. The van der Waals surface area contributed by atoms with Crippen LogP contribution in [0.5, 0.6) is 0 Å². The zero-order chi connectivity index (χ0) is 19.7. The van der Waals surface area contributed by atoms with Gasteiger partial charge in [-0.1, -0.05) is 42.5 Å². The molecule has 0 bridgehead atoms. The van der Waals surface area contributed by atoms with Crippen molar-refractivity contribution in [3.05, 3.63) is 54.4 Å². The average Bonchev–Trinajstić information content (AvgIpc) is 3.17. The highest BCUT2D eigenvalue weighted by Gasteiger charge is 2.26. The number of piperazine rings is 1. The second-order valence-corrected chi connectivity index (χ2v) is 7.68. The van der Waals surface area contributed by atoms with Crippen LogP contribution in [0.1, 0.15) is 31.3 Å². The summed E-state index contributed by atoms with van der Waals surface area (Å²) in [7, 11) is 0. The van der Waals surface area contributed by atoms with Crippen LogP contribution in [0, 0.1) is 0 Å². The topological polar surface area (TPSA) is 41.4 Å². The number of hydrogen-bond acceptors (Lipinski definition) is 3. The van der Waals surface area contributed by atoms with Crippen LogP contribution in [0.25, 0.3) is 22.2 Å². The fourth-order valence-electron chi connectivity index (χ4n) is 4.00. The number of carbonyl (C=O) groups excluding carboxylic acids is 1. The number of carbonyl (C=O) groups is 1. The lowest BCUT2D eigenvalue weighted by atomic mass is 10.0. The summed E-state index contributed by atoms with van der Waals surface area (Å²) >= 11 is 0. The van der Waals surface area contributed by atoms with Crippen LogP contribution in [-0.2, 0) is 6.54 Å². The Morgan fingerprint density at radius 1 is 1.04 bits per heavy atom. The summed E-state index contributed by atoms with van der Waals surface area (Å²) in [6, 6.07) is 15.1. The van der Waals surface area contributed by atoms with Crippen LogP contribution in [0.4, 0.5) is 0 Å². The van der Waals surface area contributed by atoms with E-state index in [4.69, 9.17) is 4.98 Å². The van der Waals surface area contributed by atoms with E-state index in [2.05, 4.69) is 60.6 Å². The molecule has 5 nitrogen and oxygen atoms in total. The summed E-state index contributed by atoms with van der Waals surface area (Å²) in [5, 5.41) is 2.35. The fraction of sp³-hybridized carbons (Fsp3) is 0.391. The molecule has 2 aromatic carbocycles. The minimum atomic E-state index is 0.0390. The SMILES string of the molecule is CCn1cc(C(=O)N2CCN(C(C)C)CC2)nc1-c1cccc2ccccc12. The number of amides is 1. The van der Waals surface area contributed by atoms with Gasteiger partial charge in [0.2, 0.25) is 0 Å². The van der Waals surface area contributed by atoms with Crippen LogP contribution >= 0.6 is 0 Å². The molecule has 3 aromatic rings. The predicted octanol–water partition coefficient (Wildman–Crippen LogP) is 3.89. The molecule has 1 aliphatic heterocycles. The Morgan fingerprint density at radius 2 is 1.75 bits per heavy atom. The Morgan fingerprint density at radius 3 is 2.46 bits per heavy atom. The molecular weight excluding hydrogens is 348 g/mol. The van der Waals surface area contributed by atoms with Crippen LogP contribution in [0.2, 0.25) is 0 Å². The Labute approximate surface area is 166 Å². The van der Waals surface area contributed by atoms with E-state index in [1.54, 1.807) is 0 Å². The number of aromatic nitrogens is 2.